The van der Waals surface area contributed by atoms with Crippen LogP contribution in [0.5, 0.6) is 5.75 Å². The van der Waals surface area contributed by atoms with Gasteiger partial charge in [0.1, 0.15) is 5.75 Å². The molecule has 1 saturated heterocycles. The van der Waals surface area contributed by atoms with Gasteiger partial charge in [-0.25, -0.2) is 14.3 Å². The molecule has 2 aromatic carbocycles. The maximum absolute atomic E-state index is 13.9. The third kappa shape index (κ3) is 6.81. The number of pyridine rings is 1. The monoisotopic (exact) mass is 579 g/mol. The van der Waals surface area contributed by atoms with E-state index in [-0.39, 0.29) is 6.42 Å². The number of ether oxygens (including phenoxy) is 1. The first-order valence-corrected chi connectivity index (χ1v) is 14.2. The lowest BCUT2D eigenvalue weighted by atomic mass is 9.73. The number of aliphatic hydroxyl groups excluding tert-OH is 1. The van der Waals surface area contributed by atoms with E-state index in [0.717, 1.165) is 19.0 Å². The van der Waals surface area contributed by atoms with E-state index >= 15 is 0 Å². The number of halogens is 3. The van der Waals surface area contributed by atoms with E-state index in [2.05, 4.69) is 9.88 Å². The normalized spacial score (nSPS) is 16.3. The molecule has 7 nitrogen and oxygen atoms in total. The Morgan fingerprint density at radius 1 is 1.28 bits per heavy atom. The van der Waals surface area contributed by atoms with Gasteiger partial charge in [-0.3, -0.25) is 15.0 Å². The molecule has 2 heterocycles. The van der Waals surface area contributed by atoms with Crippen LogP contribution in [0.15, 0.2) is 47.5 Å². The fraction of sp³-hybridized carbons (Fsp3) is 0.429. The second-order valence-electron chi connectivity index (χ2n) is 9.77. The van der Waals surface area contributed by atoms with E-state index in [1.54, 1.807) is 31.4 Å². The number of thioether (sulfide) groups is 1. The van der Waals surface area contributed by atoms with Crippen LogP contribution in [-0.2, 0) is 4.79 Å². The maximum Gasteiger partial charge on any atom is 0.249 e. The highest BCUT2D eigenvalue weighted by Crippen LogP contribution is 2.41. The van der Waals surface area contributed by atoms with Gasteiger partial charge in [-0.15, -0.1) is 11.8 Å². The van der Waals surface area contributed by atoms with E-state index in [1.165, 1.54) is 24.0 Å². The number of carbonyl (C=O) groups is 1. The number of nitrogens with zero attached hydrogens (tertiary/aromatic N) is 2. The van der Waals surface area contributed by atoms with Crippen LogP contribution in [0.25, 0.3) is 10.9 Å². The minimum Gasteiger partial charge on any atom is -0.497 e. The van der Waals surface area contributed by atoms with Crippen LogP contribution < -0.4 is 10.2 Å². The Bertz CT molecular complexity index is 1310. The second-order valence-corrected chi connectivity index (χ2v) is 11.3. The smallest absolute Gasteiger partial charge is 0.249 e. The number of methoxy groups -OCH3 is 1. The molecule has 39 heavy (non-hydrogen) atoms. The van der Waals surface area contributed by atoms with Gasteiger partial charge in [0.15, 0.2) is 11.6 Å². The number of fused-ring (bicyclic) bond motifs is 1. The van der Waals surface area contributed by atoms with Crippen molar-refractivity contribution in [2.75, 3.05) is 32.5 Å². The molecule has 3 N–H and O–H groups in total. The number of nitrogens with one attached hydrogen (secondary N) is 1. The molecule has 1 aromatic heterocycles. The Hall–Kier alpha value is -2.50. The largest absolute Gasteiger partial charge is 0.497 e. The SMILES string of the molecule is COc1ccc2ncc(Cl)c(C(O)CCC3(C(=O)NO)CCN(CCCSc4cccc(F)c4F)CC3)c2c1. The number of aromatic nitrogens is 1. The minimum absolute atomic E-state index is 0.263. The first kappa shape index (κ1) is 29.5. The summed E-state index contributed by atoms with van der Waals surface area (Å²) in [5, 5.41) is 21.7. The van der Waals surface area contributed by atoms with E-state index in [4.69, 9.17) is 16.3 Å². The number of hydroxylamine groups is 1. The molecule has 3 aromatic rings. The zero-order chi connectivity index (χ0) is 28.0. The molecule has 1 amide bonds. The van der Waals surface area contributed by atoms with Crippen LogP contribution in [0.4, 0.5) is 8.78 Å². The number of likely N-dealkylation sites (tertiary alicyclic amines) is 1. The van der Waals surface area contributed by atoms with Crippen LogP contribution in [0, 0.1) is 17.0 Å². The number of amides is 1. The number of benzene rings is 2. The molecule has 1 aliphatic heterocycles. The number of hydrogen-bond acceptors (Lipinski definition) is 7. The molecule has 1 unspecified atom stereocenters. The molecule has 1 atom stereocenters. The minimum atomic E-state index is -0.947. The average molecular weight is 580 g/mol. The lowest BCUT2D eigenvalue weighted by Crippen LogP contribution is -2.48. The molecule has 4 rings (SSSR count). The zero-order valence-electron chi connectivity index (χ0n) is 21.6. The van der Waals surface area contributed by atoms with Gasteiger partial charge in [-0.1, -0.05) is 17.7 Å². The van der Waals surface area contributed by atoms with Crippen molar-refractivity contribution in [1.82, 2.24) is 15.4 Å². The molecule has 0 spiro atoms. The summed E-state index contributed by atoms with van der Waals surface area (Å²) < 4.78 is 32.6. The molecule has 0 aliphatic carbocycles. The number of aliphatic hydroxyl groups is 1. The standard InChI is InChI=1S/C28H32ClF2N3O4S/c1-38-18-6-7-22-19(16-18)25(20(29)17-32-22)23(35)8-9-28(27(36)33-37)10-13-34(14-11-28)12-3-15-39-24-5-2-4-21(30)26(24)31/h2,4-7,16-17,23,35,37H,3,8-15H2,1H3,(H,33,36). The van der Waals surface area contributed by atoms with Crippen molar-refractivity contribution in [2.24, 2.45) is 5.41 Å². The van der Waals surface area contributed by atoms with Gasteiger partial charge in [-0.05, 0) is 87.8 Å². The Morgan fingerprint density at radius 3 is 2.77 bits per heavy atom. The fourth-order valence-corrected chi connectivity index (χ4v) is 6.34. The lowest BCUT2D eigenvalue weighted by Gasteiger charge is -2.40. The number of piperidine rings is 1. The Kier molecular flexibility index (Phi) is 10.0. The van der Waals surface area contributed by atoms with Crippen molar-refractivity contribution >= 4 is 40.2 Å². The topological polar surface area (TPSA) is 94.9 Å². The van der Waals surface area contributed by atoms with Gasteiger partial charge in [0, 0.05) is 22.0 Å². The van der Waals surface area contributed by atoms with Crippen LogP contribution in [0.2, 0.25) is 5.02 Å². The van der Waals surface area contributed by atoms with E-state index in [1.807, 2.05) is 5.48 Å². The quantitative estimate of drug-likeness (QED) is 0.115. The summed E-state index contributed by atoms with van der Waals surface area (Å²) in [6, 6.07) is 9.53. The highest BCUT2D eigenvalue weighted by molar-refractivity contribution is 7.99. The van der Waals surface area contributed by atoms with Gasteiger partial charge < -0.3 is 14.7 Å². The summed E-state index contributed by atoms with van der Waals surface area (Å²) in [4.78, 5) is 19.7. The van der Waals surface area contributed by atoms with Crippen LogP contribution in [0.1, 0.15) is 43.8 Å². The van der Waals surface area contributed by atoms with Gasteiger partial charge in [0.05, 0.1) is 29.2 Å². The molecule has 0 bridgehead atoms. The highest BCUT2D eigenvalue weighted by Gasteiger charge is 2.41. The summed E-state index contributed by atoms with van der Waals surface area (Å²) in [5.41, 5.74) is 2.20. The van der Waals surface area contributed by atoms with Crippen molar-refractivity contribution in [3.05, 3.63) is 64.8 Å². The third-order valence-corrected chi connectivity index (χ3v) is 8.91. The molecule has 0 radical (unpaired) electrons. The van der Waals surface area contributed by atoms with Crippen molar-refractivity contribution in [3.8, 4) is 5.75 Å². The summed E-state index contributed by atoms with van der Waals surface area (Å²) >= 11 is 7.73. The van der Waals surface area contributed by atoms with Crippen molar-refractivity contribution in [1.29, 1.82) is 0 Å². The van der Waals surface area contributed by atoms with E-state index in [9.17, 15) is 23.9 Å². The summed E-state index contributed by atoms with van der Waals surface area (Å²) in [6.07, 6.45) is 2.97. The molecule has 11 heteroatoms. The van der Waals surface area contributed by atoms with E-state index in [0.29, 0.717) is 70.2 Å². The maximum atomic E-state index is 13.9. The fourth-order valence-electron chi connectivity index (χ4n) is 5.17. The number of hydrogen-bond donors (Lipinski definition) is 3. The first-order chi connectivity index (χ1) is 18.8. The van der Waals surface area contributed by atoms with Gasteiger partial charge in [0.2, 0.25) is 5.91 Å². The average Bonchev–Trinajstić information content (AvgIpc) is 2.96. The summed E-state index contributed by atoms with van der Waals surface area (Å²) in [5.74, 6) is -0.875. The van der Waals surface area contributed by atoms with Crippen LogP contribution in [-0.4, -0.2) is 58.6 Å². The third-order valence-electron chi connectivity index (χ3n) is 7.49. The molecular formula is C28H32ClF2N3O4S. The Balaban J connectivity index is 1.35. The number of carbonyl (C=O) groups excluding carboxylic acids is 1. The van der Waals surface area contributed by atoms with Crippen molar-refractivity contribution < 1.29 is 28.6 Å². The molecule has 1 fully saturated rings. The van der Waals surface area contributed by atoms with Crippen LogP contribution in [0.3, 0.4) is 0 Å². The Morgan fingerprint density at radius 2 is 2.05 bits per heavy atom. The van der Waals surface area contributed by atoms with Crippen molar-refractivity contribution in [3.63, 3.8) is 0 Å². The lowest BCUT2D eigenvalue weighted by molar-refractivity contribution is -0.143. The van der Waals surface area contributed by atoms with Crippen LogP contribution >= 0.6 is 23.4 Å². The molecule has 210 valence electrons. The molecule has 1 aliphatic rings. The van der Waals surface area contributed by atoms with Gasteiger partial charge in [0.25, 0.3) is 0 Å². The predicted molar refractivity (Wildman–Crippen MR) is 147 cm³/mol. The first-order valence-electron chi connectivity index (χ1n) is 12.8. The van der Waals surface area contributed by atoms with E-state index < -0.39 is 29.1 Å². The van der Waals surface area contributed by atoms with Gasteiger partial charge in [-0.2, -0.15) is 0 Å². The molecular weight excluding hydrogens is 548 g/mol. The highest BCUT2D eigenvalue weighted by atomic mass is 35.5. The van der Waals surface area contributed by atoms with Crippen molar-refractivity contribution in [2.45, 2.75) is 43.1 Å². The second kappa shape index (κ2) is 13.2. The summed E-state index contributed by atoms with van der Waals surface area (Å²) in [6.45, 7) is 2.03. The van der Waals surface area contributed by atoms with Gasteiger partial charge >= 0.3 is 0 Å². The Labute approximate surface area is 235 Å². The summed E-state index contributed by atoms with van der Waals surface area (Å²) in [7, 11) is 1.56. The predicted octanol–water partition coefficient (Wildman–Crippen LogP) is 5.76. The number of rotatable bonds is 11. The zero-order valence-corrected chi connectivity index (χ0v) is 23.2. The molecule has 0 saturated carbocycles.